The van der Waals surface area contributed by atoms with Crippen LogP contribution in [-0.2, 0) is 9.53 Å². The minimum absolute atomic E-state index is 0.281. The fraction of sp³-hybridized carbons (Fsp3) is 0.231. The van der Waals surface area contributed by atoms with Crippen LogP contribution in [0.5, 0.6) is 0 Å². The van der Waals surface area contributed by atoms with Crippen molar-refractivity contribution < 1.29 is 14.3 Å². The van der Waals surface area contributed by atoms with Crippen molar-refractivity contribution in [2.75, 3.05) is 13.2 Å². The van der Waals surface area contributed by atoms with Gasteiger partial charge in [-0.2, -0.15) is 0 Å². The molecule has 4 nitrogen and oxygen atoms in total. The number of carbonyl (C=O) groups is 2. The molecule has 0 saturated carbocycles. The molecule has 0 N–H and O–H groups in total. The maximum Gasteiger partial charge on any atom is 0.416 e. The molecule has 0 radical (unpaired) electrons. The van der Waals surface area contributed by atoms with Crippen LogP contribution in [0.1, 0.15) is 11.1 Å². The molecule has 1 heterocycles. The summed E-state index contributed by atoms with van der Waals surface area (Å²) in [5.74, 6) is -0.337. The van der Waals surface area contributed by atoms with Crippen molar-refractivity contribution >= 4 is 18.1 Å². The van der Waals surface area contributed by atoms with E-state index in [9.17, 15) is 9.59 Å². The number of carbonyl (C=O) groups excluding carboxylic acids is 2. The van der Waals surface area contributed by atoms with Crippen molar-refractivity contribution in [2.45, 2.75) is 6.92 Å². The number of amides is 2. The van der Waals surface area contributed by atoms with Crippen LogP contribution >= 0.6 is 0 Å². The van der Waals surface area contributed by atoms with E-state index in [1.165, 1.54) is 6.08 Å². The average molecular weight is 231 g/mol. The zero-order chi connectivity index (χ0) is 12.3. The number of rotatable bonds is 2. The van der Waals surface area contributed by atoms with Gasteiger partial charge in [-0.05, 0) is 24.1 Å². The van der Waals surface area contributed by atoms with Crippen LogP contribution in [0.4, 0.5) is 4.79 Å². The molecular formula is C13H13NO3. The lowest BCUT2D eigenvalue weighted by atomic mass is 10.1. The van der Waals surface area contributed by atoms with Crippen molar-refractivity contribution in [3.8, 4) is 0 Å². The number of cyclic esters (lactones) is 1. The van der Waals surface area contributed by atoms with Gasteiger partial charge in [0.15, 0.2) is 0 Å². The van der Waals surface area contributed by atoms with Crippen molar-refractivity contribution in [3.05, 3.63) is 41.5 Å². The molecule has 1 aliphatic heterocycles. The molecule has 4 heteroatoms. The summed E-state index contributed by atoms with van der Waals surface area (Å²) in [6.45, 7) is 2.58. The molecule has 0 aromatic heterocycles. The van der Waals surface area contributed by atoms with Crippen LogP contribution in [0.3, 0.4) is 0 Å². The van der Waals surface area contributed by atoms with Crippen LogP contribution in [0.15, 0.2) is 30.3 Å². The van der Waals surface area contributed by atoms with Gasteiger partial charge in [-0.1, -0.05) is 24.3 Å². The predicted molar refractivity (Wildman–Crippen MR) is 63.3 cm³/mol. The molecule has 1 aromatic carbocycles. The first-order valence-corrected chi connectivity index (χ1v) is 5.40. The third kappa shape index (κ3) is 2.53. The second-order valence-electron chi connectivity index (χ2n) is 3.79. The summed E-state index contributed by atoms with van der Waals surface area (Å²) in [4.78, 5) is 23.9. The molecule has 1 saturated heterocycles. The van der Waals surface area contributed by atoms with Crippen molar-refractivity contribution in [1.82, 2.24) is 4.90 Å². The van der Waals surface area contributed by atoms with E-state index in [2.05, 4.69) is 0 Å². The molecule has 0 aliphatic carbocycles. The van der Waals surface area contributed by atoms with Gasteiger partial charge in [0.2, 0.25) is 0 Å². The number of aryl methyl sites for hydroxylation is 1. The van der Waals surface area contributed by atoms with Gasteiger partial charge >= 0.3 is 6.09 Å². The third-order valence-corrected chi connectivity index (χ3v) is 2.62. The molecule has 0 spiro atoms. The molecule has 0 unspecified atom stereocenters. The Balaban J connectivity index is 2.08. The minimum atomic E-state index is -0.565. The molecule has 0 bridgehead atoms. The SMILES string of the molecule is Cc1ccccc1/C=C/C(=O)N1CCOC1=O. The van der Waals surface area contributed by atoms with Gasteiger partial charge in [0, 0.05) is 6.08 Å². The third-order valence-electron chi connectivity index (χ3n) is 2.62. The van der Waals surface area contributed by atoms with E-state index < -0.39 is 6.09 Å². The zero-order valence-electron chi connectivity index (χ0n) is 9.55. The van der Waals surface area contributed by atoms with Gasteiger partial charge in [0.1, 0.15) is 6.61 Å². The van der Waals surface area contributed by atoms with E-state index >= 15 is 0 Å². The van der Waals surface area contributed by atoms with E-state index in [1.807, 2.05) is 31.2 Å². The first-order valence-electron chi connectivity index (χ1n) is 5.40. The average Bonchev–Trinajstić information content (AvgIpc) is 2.74. The Kier molecular flexibility index (Phi) is 3.23. The largest absolute Gasteiger partial charge is 0.447 e. The minimum Gasteiger partial charge on any atom is -0.447 e. The maximum atomic E-state index is 11.7. The number of hydrogen-bond acceptors (Lipinski definition) is 3. The molecular weight excluding hydrogens is 218 g/mol. The number of hydrogen-bond donors (Lipinski definition) is 0. The highest BCUT2D eigenvalue weighted by atomic mass is 16.6. The molecule has 0 atom stereocenters. The number of benzene rings is 1. The Hall–Kier alpha value is -2.10. The molecule has 2 rings (SSSR count). The summed E-state index contributed by atoms with van der Waals surface area (Å²) in [6.07, 6.45) is 2.54. The van der Waals surface area contributed by atoms with Crippen LogP contribution < -0.4 is 0 Å². The number of nitrogens with zero attached hydrogens (tertiary/aromatic N) is 1. The van der Waals surface area contributed by atoms with Gasteiger partial charge in [0.25, 0.3) is 5.91 Å². The predicted octanol–water partition coefficient (Wildman–Crippen LogP) is 1.99. The normalized spacial score (nSPS) is 15.4. The summed E-state index contributed by atoms with van der Waals surface area (Å²) in [5.41, 5.74) is 2.05. The lowest BCUT2D eigenvalue weighted by molar-refractivity contribution is -0.122. The van der Waals surface area contributed by atoms with E-state index in [1.54, 1.807) is 6.08 Å². The Morgan fingerprint density at radius 1 is 1.41 bits per heavy atom. The van der Waals surface area contributed by atoms with Gasteiger partial charge in [0.05, 0.1) is 6.54 Å². The van der Waals surface area contributed by atoms with E-state index in [4.69, 9.17) is 4.74 Å². The van der Waals surface area contributed by atoms with Crippen LogP contribution in [0.2, 0.25) is 0 Å². The topological polar surface area (TPSA) is 46.6 Å². The van der Waals surface area contributed by atoms with E-state index in [0.29, 0.717) is 6.54 Å². The zero-order valence-corrected chi connectivity index (χ0v) is 9.55. The number of ether oxygens (including phenoxy) is 1. The summed E-state index contributed by atoms with van der Waals surface area (Å²) in [7, 11) is 0. The molecule has 1 fully saturated rings. The summed E-state index contributed by atoms with van der Waals surface area (Å²) in [6, 6.07) is 7.73. The van der Waals surface area contributed by atoms with Crippen LogP contribution in [-0.4, -0.2) is 30.1 Å². The monoisotopic (exact) mass is 231 g/mol. The second kappa shape index (κ2) is 4.82. The van der Waals surface area contributed by atoms with E-state index in [-0.39, 0.29) is 12.5 Å². The Morgan fingerprint density at radius 2 is 2.18 bits per heavy atom. The van der Waals surface area contributed by atoms with Gasteiger partial charge in [-0.25, -0.2) is 9.69 Å². The van der Waals surface area contributed by atoms with Crippen molar-refractivity contribution in [2.24, 2.45) is 0 Å². The highest BCUT2D eigenvalue weighted by molar-refractivity contribution is 6.01. The lowest BCUT2D eigenvalue weighted by Gasteiger charge is -2.06. The van der Waals surface area contributed by atoms with Crippen LogP contribution in [0.25, 0.3) is 6.08 Å². The first-order chi connectivity index (χ1) is 8.18. The van der Waals surface area contributed by atoms with Crippen molar-refractivity contribution in [3.63, 3.8) is 0 Å². The molecule has 17 heavy (non-hydrogen) atoms. The van der Waals surface area contributed by atoms with Gasteiger partial charge in [-0.3, -0.25) is 4.79 Å². The van der Waals surface area contributed by atoms with Gasteiger partial charge < -0.3 is 4.74 Å². The Labute approximate surface area is 99.5 Å². The summed E-state index contributed by atoms with van der Waals surface area (Å²) < 4.78 is 4.69. The maximum absolute atomic E-state index is 11.7. The first kappa shape index (κ1) is 11.4. The van der Waals surface area contributed by atoms with E-state index in [0.717, 1.165) is 16.0 Å². The standard InChI is InChI=1S/C13H13NO3/c1-10-4-2-3-5-11(10)6-7-12(15)14-8-9-17-13(14)16/h2-7H,8-9H2,1H3/b7-6+. The Morgan fingerprint density at radius 3 is 2.82 bits per heavy atom. The summed E-state index contributed by atoms with van der Waals surface area (Å²) in [5, 5.41) is 0. The molecule has 1 aromatic rings. The Bertz CT molecular complexity index is 479. The molecule has 2 amide bonds. The highest BCUT2D eigenvalue weighted by Gasteiger charge is 2.26. The molecule has 88 valence electrons. The van der Waals surface area contributed by atoms with Gasteiger partial charge in [-0.15, -0.1) is 0 Å². The van der Waals surface area contributed by atoms with Crippen LogP contribution in [0, 0.1) is 6.92 Å². The lowest BCUT2D eigenvalue weighted by Crippen LogP contribution is -2.29. The summed E-state index contributed by atoms with van der Waals surface area (Å²) >= 11 is 0. The van der Waals surface area contributed by atoms with Crippen molar-refractivity contribution in [1.29, 1.82) is 0 Å². The fourth-order valence-corrected chi connectivity index (χ4v) is 1.62. The number of imide groups is 1. The smallest absolute Gasteiger partial charge is 0.416 e. The molecule has 1 aliphatic rings. The second-order valence-corrected chi connectivity index (χ2v) is 3.79. The highest BCUT2D eigenvalue weighted by Crippen LogP contribution is 2.10. The quantitative estimate of drug-likeness (QED) is 0.731. The fourth-order valence-electron chi connectivity index (χ4n) is 1.62.